The molecular formula is C23H31N5O8S. The minimum Gasteiger partial charge on any atom is -0.481 e. The molecule has 202 valence electrons. The van der Waals surface area contributed by atoms with Crippen LogP contribution in [0.2, 0.25) is 0 Å². The summed E-state index contributed by atoms with van der Waals surface area (Å²) in [6.45, 7) is 1.21. The number of aliphatic hydroxyl groups excluding tert-OH is 1. The van der Waals surface area contributed by atoms with Gasteiger partial charge >= 0.3 is 11.9 Å². The molecule has 0 aliphatic heterocycles. The average molecular weight is 538 g/mol. The third kappa shape index (κ3) is 8.48. The molecule has 2 aromatic rings. The number of aromatic amines is 1. The summed E-state index contributed by atoms with van der Waals surface area (Å²) in [5, 5.41) is 36.5. The number of carbonyl (C=O) groups excluding carboxylic acids is 3. The Morgan fingerprint density at radius 2 is 1.65 bits per heavy atom. The molecule has 5 unspecified atom stereocenters. The number of H-pyrrole nitrogens is 1. The van der Waals surface area contributed by atoms with E-state index in [1.165, 1.54) is 6.92 Å². The van der Waals surface area contributed by atoms with Crippen molar-refractivity contribution in [1.29, 1.82) is 0 Å². The van der Waals surface area contributed by atoms with Crippen LogP contribution in [0.5, 0.6) is 0 Å². The third-order valence-corrected chi connectivity index (χ3v) is 5.98. The Kier molecular flexibility index (Phi) is 10.9. The second-order valence-corrected chi connectivity index (χ2v) is 8.84. The Hall–Kier alpha value is -3.62. The number of fused-ring (bicyclic) bond motifs is 1. The first kappa shape index (κ1) is 29.6. The predicted octanol–water partition coefficient (Wildman–Crippen LogP) is -1.25. The van der Waals surface area contributed by atoms with Crippen LogP contribution in [-0.4, -0.2) is 86.0 Å². The molecule has 9 N–H and O–H groups in total. The molecule has 1 aromatic heterocycles. The molecule has 3 amide bonds. The van der Waals surface area contributed by atoms with E-state index >= 15 is 0 Å². The van der Waals surface area contributed by atoms with Crippen molar-refractivity contribution in [2.45, 2.75) is 56.5 Å². The monoisotopic (exact) mass is 537 g/mol. The Balaban J connectivity index is 2.16. The zero-order valence-corrected chi connectivity index (χ0v) is 20.9. The van der Waals surface area contributed by atoms with Crippen molar-refractivity contribution < 1.29 is 39.3 Å². The number of hydrogen-bond donors (Lipinski definition) is 9. The predicted molar refractivity (Wildman–Crippen MR) is 136 cm³/mol. The Bertz CT molecular complexity index is 1140. The number of benzene rings is 1. The first-order valence-corrected chi connectivity index (χ1v) is 12.0. The summed E-state index contributed by atoms with van der Waals surface area (Å²) in [6, 6.07) is 1.77. The fourth-order valence-corrected chi connectivity index (χ4v) is 3.71. The van der Waals surface area contributed by atoms with E-state index in [9.17, 15) is 34.2 Å². The van der Waals surface area contributed by atoms with Crippen LogP contribution in [-0.2, 0) is 30.4 Å². The molecule has 1 aromatic carbocycles. The maximum absolute atomic E-state index is 12.9. The zero-order valence-electron chi connectivity index (χ0n) is 20.0. The van der Waals surface area contributed by atoms with Crippen molar-refractivity contribution in [2.24, 2.45) is 5.73 Å². The molecule has 2 rings (SSSR count). The smallest absolute Gasteiger partial charge is 0.326 e. The number of rotatable bonds is 14. The SMILES string of the molecule is CC(O)C(NC(=O)C(CCC(=O)O)NC(=O)C(N)CS)C(=O)NC(Cc1c[nH]c2ccccc12)C(=O)O. The number of amides is 3. The van der Waals surface area contributed by atoms with Crippen LogP contribution in [0, 0.1) is 0 Å². The van der Waals surface area contributed by atoms with E-state index in [0.717, 1.165) is 10.9 Å². The van der Waals surface area contributed by atoms with E-state index in [4.69, 9.17) is 10.8 Å². The number of carboxylic acid groups (broad SMARTS) is 2. The number of aliphatic carboxylic acids is 2. The van der Waals surface area contributed by atoms with Gasteiger partial charge in [0.05, 0.1) is 12.1 Å². The normalized spacial score (nSPS) is 15.1. The molecule has 0 fully saturated rings. The Morgan fingerprint density at radius 1 is 1.00 bits per heavy atom. The summed E-state index contributed by atoms with van der Waals surface area (Å²) in [6.07, 6.45) is -0.706. The average Bonchev–Trinajstić information content (AvgIpc) is 3.26. The largest absolute Gasteiger partial charge is 0.481 e. The molecule has 1 heterocycles. The lowest BCUT2D eigenvalue weighted by Crippen LogP contribution is -2.60. The van der Waals surface area contributed by atoms with Gasteiger partial charge in [0.2, 0.25) is 17.7 Å². The van der Waals surface area contributed by atoms with Gasteiger partial charge in [-0.2, -0.15) is 12.6 Å². The van der Waals surface area contributed by atoms with Crippen molar-refractivity contribution in [3.63, 3.8) is 0 Å². The van der Waals surface area contributed by atoms with Crippen molar-refractivity contribution in [2.75, 3.05) is 5.75 Å². The molecule has 0 saturated heterocycles. The highest BCUT2D eigenvalue weighted by molar-refractivity contribution is 7.80. The zero-order chi connectivity index (χ0) is 27.7. The lowest BCUT2D eigenvalue weighted by atomic mass is 10.0. The van der Waals surface area contributed by atoms with E-state index in [-0.39, 0.29) is 18.6 Å². The Labute approximate surface area is 217 Å². The van der Waals surface area contributed by atoms with Gasteiger partial charge in [-0.25, -0.2) is 4.79 Å². The fraction of sp³-hybridized carbons (Fsp3) is 0.435. The minimum absolute atomic E-state index is 0.0369. The number of nitrogens with one attached hydrogen (secondary N) is 4. The first-order chi connectivity index (χ1) is 17.4. The van der Waals surface area contributed by atoms with Gasteiger partial charge in [0.15, 0.2) is 0 Å². The van der Waals surface area contributed by atoms with E-state index in [1.807, 2.05) is 12.1 Å². The summed E-state index contributed by atoms with van der Waals surface area (Å²) in [7, 11) is 0. The maximum Gasteiger partial charge on any atom is 0.326 e. The van der Waals surface area contributed by atoms with Gasteiger partial charge in [0, 0.05) is 35.7 Å². The van der Waals surface area contributed by atoms with Crippen molar-refractivity contribution in [1.82, 2.24) is 20.9 Å². The summed E-state index contributed by atoms with van der Waals surface area (Å²) in [4.78, 5) is 63.8. The van der Waals surface area contributed by atoms with Crippen molar-refractivity contribution in [3.8, 4) is 0 Å². The van der Waals surface area contributed by atoms with E-state index < -0.39 is 66.4 Å². The van der Waals surface area contributed by atoms with Gasteiger partial charge in [-0.15, -0.1) is 0 Å². The lowest BCUT2D eigenvalue weighted by molar-refractivity contribution is -0.143. The van der Waals surface area contributed by atoms with E-state index in [1.54, 1.807) is 18.3 Å². The van der Waals surface area contributed by atoms with Gasteiger partial charge in [-0.05, 0) is 25.0 Å². The summed E-state index contributed by atoms with van der Waals surface area (Å²) >= 11 is 3.91. The van der Waals surface area contributed by atoms with E-state index in [0.29, 0.717) is 5.56 Å². The van der Waals surface area contributed by atoms with Gasteiger partial charge in [0.25, 0.3) is 0 Å². The number of carboxylic acids is 2. The number of hydrogen-bond acceptors (Lipinski definition) is 8. The Morgan fingerprint density at radius 3 is 2.24 bits per heavy atom. The number of thiol groups is 1. The fourth-order valence-electron chi connectivity index (χ4n) is 3.54. The van der Waals surface area contributed by atoms with Crippen LogP contribution < -0.4 is 21.7 Å². The molecule has 0 aliphatic rings. The molecular weight excluding hydrogens is 506 g/mol. The number of nitrogens with two attached hydrogens (primary N) is 1. The van der Waals surface area contributed by atoms with Gasteiger partial charge in [-0.1, -0.05) is 18.2 Å². The minimum atomic E-state index is -1.60. The molecule has 0 aliphatic carbocycles. The van der Waals surface area contributed by atoms with Gasteiger partial charge in [-0.3, -0.25) is 19.2 Å². The molecule has 0 radical (unpaired) electrons. The second kappa shape index (κ2) is 13.6. The summed E-state index contributed by atoms with van der Waals surface area (Å²) in [5.41, 5.74) is 7.02. The molecule has 0 bridgehead atoms. The lowest BCUT2D eigenvalue weighted by Gasteiger charge is -2.26. The topological polar surface area (TPSA) is 224 Å². The highest BCUT2D eigenvalue weighted by atomic mass is 32.1. The number of carbonyl (C=O) groups is 5. The summed E-state index contributed by atoms with van der Waals surface area (Å²) < 4.78 is 0. The quantitative estimate of drug-likeness (QED) is 0.131. The maximum atomic E-state index is 12.9. The van der Waals surface area contributed by atoms with Gasteiger partial charge in [0.1, 0.15) is 18.1 Å². The molecule has 14 heteroatoms. The third-order valence-electron chi connectivity index (χ3n) is 5.59. The standard InChI is InChI=1S/C23H31N5O8S/c1-11(29)19(28-21(33)16(6-7-18(30)31)26-20(32)14(24)10-37)22(34)27-17(23(35)36)8-12-9-25-15-5-3-2-4-13(12)15/h2-5,9,11,14,16-17,19,25,29,37H,6-8,10,24H2,1H3,(H,26,32)(H,27,34)(H,28,33)(H,30,31)(H,35,36). The number of para-hydroxylation sites is 1. The van der Waals surface area contributed by atoms with Crippen LogP contribution in [0.15, 0.2) is 30.5 Å². The van der Waals surface area contributed by atoms with Crippen LogP contribution in [0.1, 0.15) is 25.3 Å². The van der Waals surface area contributed by atoms with Crippen LogP contribution in [0.4, 0.5) is 0 Å². The molecule has 13 nitrogen and oxygen atoms in total. The van der Waals surface area contributed by atoms with Crippen LogP contribution in [0.25, 0.3) is 10.9 Å². The molecule has 0 saturated carbocycles. The van der Waals surface area contributed by atoms with Crippen LogP contribution in [0.3, 0.4) is 0 Å². The highest BCUT2D eigenvalue weighted by Crippen LogP contribution is 2.19. The first-order valence-electron chi connectivity index (χ1n) is 11.4. The van der Waals surface area contributed by atoms with Crippen LogP contribution >= 0.6 is 12.6 Å². The summed E-state index contributed by atoms with van der Waals surface area (Å²) in [5.74, 6) is -5.29. The number of aliphatic hydroxyl groups is 1. The van der Waals surface area contributed by atoms with Gasteiger partial charge < -0.3 is 42.0 Å². The number of aromatic nitrogens is 1. The molecule has 5 atom stereocenters. The van der Waals surface area contributed by atoms with Crippen molar-refractivity contribution >= 4 is 53.2 Å². The van der Waals surface area contributed by atoms with Crippen molar-refractivity contribution in [3.05, 3.63) is 36.0 Å². The molecule has 37 heavy (non-hydrogen) atoms. The highest BCUT2D eigenvalue weighted by Gasteiger charge is 2.33. The van der Waals surface area contributed by atoms with E-state index in [2.05, 4.69) is 33.6 Å². The molecule has 0 spiro atoms. The second-order valence-electron chi connectivity index (χ2n) is 8.47.